The number of amides is 1. The lowest BCUT2D eigenvalue weighted by atomic mass is 10.3. The Balaban J connectivity index is 2.13. The van der Waals surface area contributed by atoms with Gasteiger partial charge in [-0.3, -0.25) is 9.52 Å². The number of rotatable bonds is 4. The lowest BCUT2D eigenvalue weighted by Gasteiger charge is -2.07. The van der Waals surface area contributed by atoms with E-state index in [0.29, 0.717) is 11.4 Å². The number of carbonyl (C=O) groups excluding carboxylic acids is 1. The summed E-state index contributed by atoms with van der Waals surface area (Å²) in [6.45, 7) is 0. The Morgan fingerprint density at radius 1 is 1.16 bits per heavy atom. The molecule has 2 aromatic rings. The van der Waals surface area contributed by atoms with Crippen molar-refractivity contribution in [2.45, 2.75) is 0 Å². The molecule has 19 heavy (non-hydrogen) atoms. The van der Waals surface area contributed by atoms with Crippen molar-refractivity contribution in [2.75, 3.05) is 16.3 Å². The smallest absolute Gasteiger partial charge is 0.291 e. The number of sulfonamides is 1. The fourth-order valence-corrected chi connectivity index (χ4v) is 2.03. The maximum absolute atomic E-state index is 11.7. The zero-order chi connectivity index (χ0) is 13.9. The van der Waals surface area contributed by atoms with Gasteiger partial charge in [0.15, 0.2) is 5.76 Å². The first-order chi connectivity index (χ1) is 8.94. The van der Waals surface area contributed by atoms with Crippen molar-refractivity contribution < 1.29 is 17.6 Å². The Morgan fingerprint density at radius 3 is 2.53 bits per heavy atom. The lowest BCUT2D eigenvalue weighted by Crippen LogP contribution is -2.12. The molecule has 100 valence electrons. The highest BCUT2D eigenvalue weighted by atomic mass is 32.2. The fraction of sp³-hybridized carbons (Fsp3) is 0.0833. The van der Waals surface area contributed by atoms with Gasteiger partial charge in [0.2, 0.25) is 10.0 Å². The highest BCUT2D eigenvalue weighted by molar-refractivity contribution is 7.92. The molecule has 0 aliphatic carbocycles. The Labute approximate surface area is 110 Å². The summed E-state index contributed by atoms with van der Waals surface area (Å²) >= 11 is 0. The predicted octanol–water partition coefficient (Wildman–Crippen LogP) is 1.90. The number of benzene rings is 1. The van der Waals surface area contributed by atoms with Crippen LogP contribution < -0.4 is 10.0 Å². The van der Waals surface area contributed by atoms with Crippen LogP contribution >= 0.6 is 0 Å². The van der Waals surface area contributed by atoms with Crippen LogP contribution in [0.15, 0.2) is 47.1 Å². The van der Waals surface area contributed by atoms with Gasteiger partial charge in [-0.2, -0.15) is 0 Å². The van der Waals surface area contributed by atoms with Crippen molar-refractivity contribution in [3.63, 3.8) is 0 Å². The summed E-state index contributed by atoms with van der Waals surface area (Å²) in [6.07, 6.45) is 2.46. The standard InChI is InChI=1S/C12H12N2O4S/c1-19(16,17)14-10-5-2-4-9(8-10)13-12(15)11-6-3-7-18-11/h2-8,14H,1H3,(H,13,15). The molecule has 0 saturated carbocycles. The van der Waals surface area contributed by atoms with E-state index in [2.05, 4.69) is 10.0 Å². The minimum Gasteiger partial charge on any atom is -0.459 e. The quantitative estimate of drug-likeness (QED) is 0.895. The van der Waals surface area contributed by atoms with Crippen molar-refractivity contribution >= 4 is 27.3 Å². The number of hydrogen-bond acceptors (Lipinski definition) is 4. The Kier molecular flexibility index (Phi) is 3.57. The average molecular weight is 280 g/mol. The van der Waals surface area contributed by atoms with Gasteiger partial charge in [0.25, 0.3) is 5.91 Å². The molecule has 6 nitrogen and oxygen atoms in total. The molecule has 0 aliphatic rings. The Hall–Kier alpha value is -2.28. The van der Waals surface area contributed by atoms with E-state index in [1.54, 1.807) is 24.3 Å². The molecule has 7 heteroatoms. The van der Waals surface area contributed by atoms with E-state index in [-0.39, 0.29) is 5.76 Å². The van der Waals surface area contributed by atoms with Gasteiger partial charge in [-0.25, -0.2) is 8.42 Å². The van der Waals surface area contributed by atoms with E-state index < -0.39 is 15.9 Å². The zero-order valence-electron chi connectivity index (χ0n) is 10.1. The van der Waals surface area contributed by atoms with E-state index in [4.69, 9.17) is 4.42 Å². The third-order valence-electron chi connectivity index (χ3n) is 2.17. The summed E-state index contributed by atoms with van der Waals surface area (Å²) in [5, 5.41) is 2.60. The molecular formula is C12H12N2O4S. The second-order valence-corrected chi connectivity index (χ2v) is 5.63. The fourth-order valence-electron chi connectivity index (χ4n) is 1.47. The SMILES string of the molecule is CS(=O)(=O)Nc1cccc(NC(=O)c2ccco2)c1. The van der Waals surface area contributed by atoms with Crippen molar-refractivity contribution in [3.05, 3.63) is 48.4 Å². The Morgan fingerprint density at radius 2 is 1.89 bits per heavy atom. The summed E-state index contributed by atoms with van der Waals surface area (Å²) in [5.74, 6) is -0.219. The van der Waals surface area contributed by atoms with Crippen LogP contribution in [0.5, 0.6) is 0 Å². The molecule has 0 bridgehead atoms. The molecule has 1 aromatic heterocycles. The molecule has 0 unspecified atom stereocenters. The van der Waals surface area contributed by atoms with Crippen LogP contribution in [0.4, 0.5) is 11.4 Å². The molecule has 2 rings (SSSR count). The van der Waals surface area contributed by atoms with E-state index in [1.165, 1.54) is 18.4 Å². The zero-order valence-corrected chi connectivity index (χ0v) is 10.9. The third-order valence-corrected chi connectivity index (χ3v) is 2.78. The van der Waals surface area contributed by atoms with E-state index in [9.17, 15) is 13.2 Å². The molecular weight excluding hydrogens is 268 g/mol. The summed E-state index contributed by atoms with van der Waals surface area (Å²) in [7, 11) is -3.35. The van der Waals surface area contributed by atoms with Crippen LogP contribution in [0.25, 0.3) is 0 Å². The van der Waals surface area contributed by atoms with E-state index >= 15 is 0 Å². The number of nitrogens with one attached hydrogen (secondary N) is 2. The number of anilines is 2. The second kappa shape index (κ2) is 5.15. The molecule has 0 saturated heterocycles. The Bertz CT molecular complexity index is 678. The van der Waals surface area contributed by atoms with Gasteiger partial charge in [-0.15, -0.1) is 0 Å². The van der Waals surface area contributed by atoms with Crippen molar-refractivity contribution in [1.29, 1.82) is 0 Å². The van der Waals surface area contributed by atoms with Crippen LogP contribution in [0.3, 0.4) is 0 Å². The number of carbonyl (C=O) groups is 1. The second-order valence-electron chi connectivity index (χ2n) is 3.89. The van der Waals surface area contributed by atoms with Crippen molar-refractivity contribution in [3.8, 4) is 0 Å². The maximum atomic E-state index is 11.7. The molecule has 0 fully saturated rings. The molecule has 0 spiro atoms. The van der Waals surface area contributed by atoms with Crippen LogP contribution in [0.1, 0.15) is 10.6 Å². The lowest BCUT2D eigenvalue weighted by molar-refractivity contribution is 0.0996. The molecule has 2 N–H and O–H groups in total. The third kappa shape index (κ3) is 3.85. The van der Waals surface area contributed by atoms with E-state index in [1.807, 2.05) is 0 Å². The van der Waals surface area contributed by atoms with Gasteiger partial charge in [0, 0.05) is 5.69 Å². The summed E-state index contributed by atoms with van der Waals surface area (Å²) in [5.41, 5.74) is 0.842. The first kappa shape index (κ1) is 13.2. The van der Waals surface area contributed by atoms with Crippen LogP contribution in [0, 0.1) is 0 Å². The minimum absolute atomic E-state index is 0.182. The van der Waals surface area contributed by atoms with E-state index in [0.717, 1.165) is 6.26 Å². The molecule has 1 heterocycles. The first-order valence-corrected chi connectivity index (χ1v) is 7.26. The average Bonchev–Trinajstić information content (AvgIpc) is 2.80. The topological polar surface area (TPSA) is 88.4 Å². The van der Waals surface area contributed by atoms with Crippen LogP contribution in [-0.4, -0.2) is 20.6 Å². The number of furan rings is 1. The van der Waals surface area contributed by atoms with Gasteiger partial charge in [-0.05, 0) is 30.3 Å². The van der Waals surface area contributed by atoms with Crippen LogP contribution in [-0.2, 0) is 10.0 Å². The van der Waals surface area contributed by atoms with Gasteiger partial charge >= 0.3 is 0 Å². The number of hydrogen-bond donors (Lipinski definition) is 2. The summed E-state index contributed by atoms with van der Waals surface area (Å²) < 4.78 is 29.5. The van der Waals surface area contributed by atoms with Crippen LogP contribution in [0.2, 0.25) is 0 Å². The van der Waals surface area contributed by atoms with Gasteiger partial charge in [-0.1, -0.05) is 6.07 Å². The molecule has 0 aliphatic heterocycles. The van der Waals surface area contributed by atoms with Crippen molar-refractivity contribution in [2.24, 2.45) is 0 Å². The summed E-state index contributed by atoms with van der Waals surface area (Å²) in [4.78, 5) is 11.7. The van der Waals surface area contributed by atoms with Crippen molar-refractivity contribution in [1.82, 2.24) is 0 Å². The maximum Gasteiger partial charge on any atom is 0.291 e. The largest absolute Gasteiger partial charge is 0.459 e. The summed E-state index contributed by atoms with van der Waals surface area (Å²) in [6, 6.07) is 9.52. The highest BCUT2D eigenvalue weighted by Gasteiger charge is 2.09. The minimum atomic E-state index is -3.35. The van der Waals surface area contributed by atoms with Gasteiger partial charge in [0.05, 0.1) is 18.2 Å². The van der Waals surface area contributed by atoms with Gasteiger partial charge < -0.3 is 9.73 Å². The predicted molar refractivity (Wildman–Crippen MR) is 71.6 cm³/mol. The first-order valence-electron chi connectivity index (χ1n) is 5.37. The molecule has 1 aromatic carbocycles. The normalized spacial score (nSPS) is 11.0. The molecule has 0 atom stereocenters. The van der Waals surface area contributed by atoms with Gasteiger partial charge in [0.1, 0.15) is 0 Å². The molecule has 1 amide bonds. The monoisotopic (exact) mass is 280 g/mol. The molecule has 0 radical (unpaired) electrons. The highest BCUT2D eigenvalue weighted by Crippen LogP contribution is 2.17.